The largest absolute Gasteiger partial charge is 0.497 e. The molecule has 0 bridgehead atoms. The van der Waals surface area contributed by atoms with E-state index in [0.29, 0.717) is 5.56 Å². The normalized spacial score (nSPS) is 10.2. The average Bonchev–Trinajstić information content (AvgIpc) is 2.46. The van der Waals surface area contributed by atoms with Gasteiger partial charge in [0.2, 0.25) is 0 Å². The van der Waals surface area contributed by atoms with Crippen LogP contribution in [0.1, 0.15) is 11.1 Å². The molecule has 0 amide bonds. The topological polar surface area (TPSA) is 45.4 Å². The minimum absolute atomic E-state index is 0.647. The van der Waals surface area contributed by atoms with Gasteiger partial charge in [-0.15, -0.1) is 0 Å². The third-order valence-electron chi connectivity index (χ3n) is 2.46. The molecule has 0 fully saturated rings. The predicted molar refractivity (Wildman–Crippen MR) is 71.4 cm³/mol. The van der Waals surface area contributed by atoms with Crippen LogP contribution in [0.15, 0.2) is 53.5 Å². The lowest BCUT2D eigenvalue weighted by Crippen LogP contribution is -1.82. The summed E-state index contributed by atoms with van der Waals surface area (Å²) in [6, 6.07) is 16.9. The Hall–Kier alpha value is -2.60. The van der Waals surface area contributed by atoms with E-state index in [0.717, 1.165) is 17.0 Å². The summed E-state index contributed by atoms with van der Waals surface area (Å²) in [5, 5.41) is 8.70. The molecule has 0 aromatic heterocycles. The minimum Gasteiger partial charge on any atom is -0.497 e. The van der Waals surface area contributed by atoms with Crippen molar-refractivity contribution in [1.82, 2.24) is 0 Å². The van der Waals surface area contributed by atoms with Crippen LogP contribution in [0, 0.1) is 11.3 Å². The third-order valence-corrected chi connectivity index (χ3v) is 2.46. The molecule has 0 heterocycles. The zero-order valence-corrected chi connectivity index (χ0v) is 10.00. The molecule has 0 aliphatic carbocycles. The van der Waals surface area contributed by atoms with Crippen LogP contribution in [-0.4, -0.2) is 13.3 Å². The quantitative estimate of drug-likeness (QED) is 0.767. The van der Waals surface area contributed by atoms with Crippen LogP contribution in [-0.2, 0) is 0 Å². The zero-order valence-electron chi connectivity index (χ0n) is 10.00. The lowest BCUT2D eigenvalue weighted by Gasteiger charge is -1.99. The lowest BCUT2D eigenvalue weighted by molar-refractivity contribution is 0.415. The smallest absolute Gasteiger partial charge is 0.121 e. The van der Waals surface area contributed by atoms with E-state index in [4.69, 9.17) is 10.00 Å². The fraction of sp³-hybridized carbons (Fsp3) is 0.0667. The molecule has 18 heavy (non-hydrogen) atoms. The summed E-state index contributed by atoms with van der Waals surface area (Å²) in [7, 11) is 1.63. The van der Waals surface area contributed by atoms with Crippen molar-refractivity contribution in [2.45, 2.75) is 0 Å². The fourth-order valence-electron chi connectivity index (χ4n) is 1.48. The molecule has 0 atom stereocenters. The van der Waals surface area contributed by atoms with Gasteiger partial charge in [-0.2, -0.15) is 5.26 Å². The van der Waals surface area contributed by atoms with E-state index < -0.39 is 0 Å². The van der Waals surface area contributed by atoms with Gasteiger partial charge in [-0.1, -0.05) is 18.2 Å². The van der Waals surface area contributed by atoms with E-state index in [1.54, 1.807) is 25.5 Å². The summed E-state index contributed by atoms with van der Waals surface area (Å²) in [6.45, 7) is 0. The maximum absolute atomic E-state index is 8.70. The van der Waals surface area contributed by atoms with Gasteiger partial charge in [-0.25, -0.2) is 0 Å². The van der Waals surface area contributed by atoms with Gasteiger partial charge in [0, 0.05) is 12.3 Å². The van der Waals surface area contributed by atoms with Crippen LogP contribution in [0.2, 0.25) is 0 Å². The number of benzene rings is 2. The second-order valence-electron chi connectivity index (χ2n) is 3.69. The Labute approximate surface area is 106 Å². The standard InChI is InChI=1S/C15H12N2O/c1-18-15-4-2-3-14(9-15)17-11-13-7-5-12(10-16)6-8-13/h2-9,11H,1H3/b17-11+. The summed E-state index contributed by atoms with van der Waals surface area (Å²) in [4.78, 5) is 4.35. The molecule has 3 nitrogen and oxygen atoms in total. The van der Waals surface area contributed by atoms with Gasteiger partial charge in [-0.3, -0.25) is 4.99 Å². The van der Waals surface area contributed by atoms with E-state index in [1.165, 1.54) is 0 Å². The van der Waals surface area contributed by atoms with Crippen LogP contribution < -0.4 is 4.74 Å². The van der Waals surface area contributed by atoms with Gasteiger partial charge in [0.05, 0.1) is 24.4 Å². The molecule has 0 N–H and O–H groups in total. The van der Waals surface area contributed by atoms with Crippen LogP contribution in [0.5, 0.6) is 5.75 Å². The highest BCUT2D eigenvalue weighted by Crippen LogP contribution is 2.19. The van der Waals surface area contributed by atoms with Crippen molar-refractivity contribution in [3.05, 3.63) is 59.7 Å². The molecule has 2 aromatic carbocycles. The van der Waals surface area contributed by atoms with Gasteiger partial charge >= 0.3 is 0 Å². The Kier molecular flexibility index (Phi) is 3.72. The maximum Gasteiger partial charge on any atom is 0.121 e. The zero-order chi connectivity index (χ0) is 12.8. The molecule has 0 aliphatic heterocycles. The van der Waals surface area contributed by atoms with E-state index >= 15 is 0 Å². The van der Waals surface area contributed by atoms with Gasteiger partial charge < -0.3 is 4.74 Å². The molecule has 88 valence electrons. The molecule has 0 aliphatic rings. The van der Waals surface area contributed by atoms with Crippen molar-refractivity contribution < 1.29 is 4.74 Å². The number of nitriles is 1. The molecule has 3 heteroatoms. The summed E-state index contributed by atoms with van der Waals surface area (Å²) in [5.74, 6) is 0.782. The Morgan fingerprint density at radius 3 is 2.61 bits per heavy atom. The van der Waals surface area contributed by atoms with E-state index in [-0.39, 0.29) is 0 Å². The van der Waals surface area contributed by atoms with Crippen LogP contribution >= 0.6 is 0 Å². The maximum atomic E-state index is 8.70. The van der Waals surface area contributed by atoms with Crippen molar-refractivity contribution in [1.29, 1.82) is 5.26 Å². The molecule has 0 spiro atoms. The molecule has 0 saturated carbocycles. The van der Waals surface area contributed by atoms with Crippen molar-refractivity contribution >= 4 is 11.9 Å². The Balaban J connectivity index is 2.16. The van der Waals surface area contributed by atoms with E-state index in [2.05, 4.69) is 11.1 Å². The number of nitrogens with zero attached hydrogens (tertiary/aromatic N) is 2. The molecular weight excluding hydrogens is 224 g/mol. The van der Waals surface area contributed by atoms with E-state index in [9.17, 15) is 0 Å². The van der Waals surface area contributed by atoms with Gasteiger partial charge in [0.15, 0.2) is 0 Å². The first-order valence-electron chi connectivity index (χ1n) is 5.50. The van der Waals surface area contributed by atoms with Gasteiger partial charge in [0.25, 0.3) is 0 Å². The van der Waals surface area contributed by atoms with Crippen molar-refractivity contribution in [2.24, 2.45) is 4.99 Å². The summed E-state index contributed by atoms with van der Waals surface area (Å²) >= 11 is 0. The molecule has 2 aromatic rings. The SMILES string of the molecule is COc1cccc(/N=C/c2ccc(C#N)cc2)c1. The fourth-order valence-corrected chi connectivity index (χ4v) is 1.48. The first kappa shape index (κ1) is 11.9. The third kappa shape index (κ3) is 2.96. The van der Waals surface area contributed by atoms with Gasteiger partial charge in [0.1, 0.15) is 5.75 Å². The second-order valence-corrected chi connectivity index (χ2v) is 3.69. The summed E-state index contributed by atoms with van der Waals surface area (Å²) < 4.78 is 5.13. The van der Waals surface area contributed by atoms with Gasteiger partial charge in [-0.05, 0) is 29.8 Å². The molecular formula is C15H12N2O. The number of rotatable bonds is 3. The number of ether oxygens (including phenoxy) is 1. The van der Waals surface area contributed by atoms with Crippen molar-refractivity contribution in [3.63, 3.8) is 0 Å². The number of hydrogen-bond donors (Lipinski definition) is 0. The average molecular weight is 236 g/mol. The number of methoxy groups -OCH3 is 1. The predicted octanol–water partition coefficient (Wildman–Crippen LogP) is 3.32. The molecule has 0 radical (unpaired) electrons. The highest BCUT2D eigenvalue weighted by molar-refractivity contribution is 5.82. The number of hydrogen-bond acceptors (Lipinski definition) is 3. The Morgan fingerprint density at radius 1 is 1.17 bits per heavy atom. The molecule has 2 rings (SSSR count). The Morgan fingerprint density at radius 2 is 1.94 bits per heavy atom. The van der Waals surface area contributed by atoms with Crippen molar-refractivity contribution in [3.8, 4) is 11.8 Å². The van der Waals surface area contributed by atoms with E-state index in [1.807, 2.05) is 36.4 Å². The lowest BCUT2D eigenvalue weighted by atomic mass is 10.2. The summed E-state index contributed by atoms with van der Waals surface area (Å²) in [5.41, 5.74) is 2.43. The Bertz CT molecular complexity index is 595. The molecule has 0 saturated heterocycles. The van der Waals surface area contributed by atoms with Crippen LogP contribution in [0.25, 0.3) is 0 Å². The number of aliphatic imine (C=N–C) groups is 1. The van der Waals surface area contributed by atoms with Crippen molar-refractivity contribution in [2.75, 3.05) is 7.11 Å². The monoisotopic (exact) mass is 236 g/mol. The minimum atomic E-state index is 0.647. The van der Waals surface area contributed by atoms with Crippen LogP contribution in [0.4, 0.5) is 5.69 Å². The first-order valence-corrected chi connectivity index (χ1v) is 5.50. The second kappa shape index (κ2) is 5.65. The molecule has 0 unspecified atom stereocenters. The summed E-state index contributed by atoms with van der Waals surface area (Å²) in [6.07, 6.45) is 1.76. The highest BCUT2D eigenvalue weighted by atomic mass is 16.5. The first-order chi connectivity index (χ1) is 8.81. The van der Waals surface area contributed by atoms with Crippen LogP contribution in [0.3, 0.4) is 0 Å². The highest BCUT2D eigenvalue weighted by Gasteiger charge is 1.93.